The lowest BCUT2D eigenvalue weighted by atomic mass is 9.98. The Balaban J connectivity index is 1.52. The highest BCUT2D eigenvalue weighted by molar-refractivity contribution is 5.99. The first-order valence-electron chi connectivity index (χ1n) is 14.9. The standard InChI is InChI=1S/C33H34F3N5O5/c1-4-46-30(43)27-21(2)20-26-28(22(27)3)29(42)41(25-13-9-8-12-24(25)33(34,35)36)32(45)40(26)19-16-38-14-17-39(18-15-38)31(44)37-23-10-6-5-7-11-23/h5-13,20H,4,14-19H2,1-3H3,(H,37,44). The zero-order valence-corrected chi connectivity index (χ0v) is 25.7. The van der Waals surface area contributed by atoms with Crippen LogP contribution in [0.5, 0.6) is 0 Å². The molecule has 1 aliphatic heterocycles. The van der Waals surface area contributed by atoms with E-state index in [0.29, 0.717) is 48.5 Å². The van der Waals surface area contributed by atoms with E-state index in [1.54, 1.807) is 30.9 Å². The molecule has 0 radical (unpaired) electrons. The minimum Gasteiger partial charge on any atom is -0.462 e. The van der Waals surface area contributed by atoms with Gasteiger partial charge in [-0.05, 0) is 62.2 Å². The van der Waals surface area contributed by atoms with Gasteiger partial charge in [-0.15, -0.1) is 0 Å². The number of benzene rings is 3. The van der Waals surface area contributed by atoms with E-state index >= 15 is 0 Å². The number of ether oxygens (including phenoxy) is 1. The molecule has 0 bridgehead atoms. The van der Waals surface area contributed by atoms with Gasteiger partial charge in [0.25, 0.3) is 5.56 Å². The molecule has 1 N–H and O–H groups in total. The summed E-state index contributed by atoms with van der Waals surface area (Å²) in [5, 5.41) is 2.81. The number of hydrogen-bond donors (Lipinski definition) is 1. The van der Waals surface area contributed by atoms with Crippen LogP contribution in [0.2, 0.25) is 0 Å². The van der Waals surface area contributed by atoms with E-state index in [9.17, 15) is 32.3 Å². The average molecular weight is 638 g/mol. The van der Waals surface area contributed by atoms with Gasteiger partial charge in [-0.2, -0.15) is 13.2 Å². The Morgan fingerprint density at radius 1 is 0.913 bits per heavy atom. The normalized spacial score (nSPS) is 14.0. The van der Waals surface area contributed by atoms with E-state index in [2.05, 4.69) is 5.32 Å². The molecule has 5 rings (SSSR count). The van der Waals surface area contributed by atoms with Crippen LogP contribution >= 0.6 is 0 Å². The van der Waals surface area contributed by atoms with Gasteiger partial charge in [0, 0.05) is 45.0 Å². The van der Waals surface area contributed by atoms with Crippen molar-refractivity contribution in [2.45, 2.75) is 33.5 Å². The lowest BCUT2D eigenvalue weighted by Crippen LogP contribution is -2.51. The van der Waals surface area contributed by atoms with Gasteiger partial charge in [-0.1, -0.05) is 30.3 Å². The first kappa shape index (κ1) is 32.5. The van der Waals surface area contributed by atoms with Gasteiger partial charge < -0.3 is 15.0 Å². The number of hydrogen-bond acceptors (Lipinski definition) is 6. The van der Waals surface area contributed by atoms with Crippen molar-refractivity contribution < 1.29 is 27.5 Å². The number of urea groups is 1. The predicted molar refractivity (Wildman–Crippen MR) is 168 cm³/mol. The Morgan fingerprint density at radius 3 is 2.22 bits per heavy atom. The van der Waals surface area contributed by atoms with Crippen molar-refractivity contribution in [3.63, 3.8) is 0 Å². The second-order valence-electron chi connectivity index (χ2n) is 11.0. The summed E-state index contributed by atoms with van der Waals surface area (Å²) in [4.78, 5) is 57.3. The number of carbonyl (C=O) groups excluding carboxylic acids is 2. The van der Waals surface area contributed by atoms with Crippen LogP contribution < -0.4 is 16.6 Å². The number of halogens is 3. The van der Waals surface area contributed by atoms with E-state index < -0.39 is 34.6 Å². The second kappa shape index (κ2) is 13.2. The smallest absolute Gasteiger partial charge is 0.418 e. The van der Waals surface area contributed by atoms with Crippen LogP contribution in [0.25, 0.3) is 16.6 Å². The first-order valence-corrected chi connectivity index (χ1v) is 14.9. The molecule has 2 amide bonds. The molecule has 1 aromatic heterocycles. The Morgan fingerprint density at radius 2 is 1.57 bits per heavy atom. The van der Waals surface area contributed by atoms with Crippen molar-refractivity contribution in [1.29, 1.82) is 0 Å². The summed E-state index contributed by atoms with van der Waals surface area (Å²) < 4.78 is 49.2. The summed E-state index contributed by atoms with van der Waals surface area (Å²) in [7, 11) is 0. The van der Waals surface area contributed by atoms with E-state index in [0.717, 1.165) is 12.1 Å². The molecule has 46 heavy (non-hydrogen) atoms. The molecule has 1 fully saturated rings. The van der Waals surface area contributed by atoms with Crippen LogP contribution in [-0.4, -0.2) is 70.3 Å². The summed E-state index contributed by atoms with van der Waals surface area (Å²) in [5.41, 5.74) is -1.95. The van der Waals surface area contributed by atoms with Crippen LogP contribution in [0.1, 0.15) is 34.0 Å². The van der Waals surface area contributed by atoms with Gasteiger partial charge in [0.2, 0.25) is 0 Å². The van der Waals surface area contributed by atoms with Crippen LogP contribution in [0.3, 0.4) is 0 Å². The maximum atomic E-state index is 14.1. The number of esters is 1. The van der Waals surface area contributed by atoms with Gasteiger partial charge in [-0.3, -0.25) is 14.3 Å². The summed E-state index contributed by atoms with van der Waals surface area (Å²) in [5.74, 6) is -0.673. The quantitative estimate of drug-likeness (QED) is 0.292. The first-order chi connectivity index (χ1) is 21.9. The fraction of sp³-hybridized carbons (Fsp3) is 0.333. The van der Waals surface area contributed by atoms with Gasteiger partial charge in [0.1, 0.15) is 0 Å². The van der Waals surface area contributed by atoms with Crippen LogP contribution in [-0.2, 0) is 17.5 Å². The third kappa shape index (κ3) is 6.41. The van der Waals surface area contributed by atoms with Crippen molar-refractivity contribution in [2.24, 2.45) is 0 Å². The minimum absolute atomic E-state index is 0.0393. The maximum absolute atomic E-state index is 14.1. The highest BCUT2D eigenvalue weighted by Crippen LogP contribution is 2.33. The lowest BCUT2D eigenvalue weighted by molar-refractivity contribution is -0.137. The number of alkyl halides is 3. The van der Waals surface area contributed by atoms with Crippen molar-refractivity contribution in [3.8, 4) is 5.69 Å². The van der Waals surface area contributed by atoms with Crippen molar-refractivity contribution in [2.75, 3.05) is 44.6 Å². The van der Waals surface area contributed by atoms with E-state index in [1.807, 2.05) is 23.1 Å². The average Bonchev–Trinajstić information content (AvgIpc) is 3.01. The molecule has 1 aliphatic rings. The van der Waals surface area contributed by atoms with Gasteiger partial charge in [0.15, 0.2) is 0 Å². The number of fused-ring (bicyclic) bond motifs is 1. The zero-order chi connectivity index (χ0) is 33.2. The summed E-state index contributed by atoms with van der Waals surface area (Å²) >= 11 is 0. The summed E-state index contributed by atoms with van der Waals surface area (Å²) in [6.07, 6.45) is -4.84. The SMILES string of the molecule is CCOC(=O)c1c(C)cc2c(c1C)c(=O)n(-c1ccccc1C(F)(F)F)c(=O)n2CCN1CCN(C(=O)Nc2ccccc2)CC1. The highest BCUT2D eigenvalue weighted by Gasteiger charge is 2.35. The third-order valence-corrected chi connectivity index (χ3v) is 8.14. The zero-order valence-electron chi connectivity index (χ0n) is 25.7. The molecule has 0 unspecified atom stereocenters. The number of nitrogens with one attached hydrogen (secondary N) is 1. The van der Waals surface area contributed by atoms with Gasteiger partial charge in [0.05, 0.1) is 34.3 Å². The minimum atomic E-state index is -4.84. The van der Waals surface area contributed by atoms with Crippen molar-refractivity contribution >= 4 is 28.6 Å². The van der Waals surface area contributed by atoms with Gasteiger partial charge in [-0.25, -0.2) is 19.0 Å². The summed E-state index contributed by atoms with van der Waals surface area (Å²) in [6.45, 7) is 7.10. The molecule has 3 aromatic carbocycles. The Kier molecular flexibility index (Phi) is 9.33. The van der Waals surface area contributed by atoms with Crippen LogP contribution in [0.4, 0.5) is 23.7 Å². The number of nitrogens with zero attached hydrogens (tertiary/aromatic N) is 4. The van der Waals surface area contributed by atoms with Gasteiger partial charge >= 0.3 is 23.9 Å². The second-order valence-corrected chi connectivity index (χ2v) is 11.0. The fourth-order valence-electron chi connectivity index (χ4n) is 5.86. The van der Waals surface area contributed by atoms with E-state index in [4.69, 9.17) is 4.74 Å². The van der Waals surface area contributed by atoms with Crippen molar-refractivity contribution in [3.05, 3.63) is 104 Å². The van der Waals surface area contributed by atoms with E-state index in [1.165, 1.54) is 29.7 Å². The number of aryl methyl sites for hydroxylation is 2. The molecule has 0 aliphatic carbocycles. The molecule has 13 heteroatoms. The number of rotatable bonds is 7. The molecule has 2 heterocycles. The topological polar surface area (TPSA) is 106 Å². The number of para-hydroxylation sites is 2. The van der Waals surface area contributed by atoms with Crippen LogP contribution in [0.15, 0.2) is 70.3 Å². The highest BCUT2D eigenvalue weighted by atomic mass is 19.4. The predicted octanol–water partition coefficient (Wildman–Crippen LogP) is 4.81. The lowest BCUT2D eigenvalue weighted by Gasteiger charge is -2.34. The monoisotopic (exact) mass is 637 g/mol. The fourth-order valence-corrected chi connectivity index (χ4v) is 5.86. The number of aromatic nitrogens is 2. The molecule has 242 valence electrons. The molecule has 0 atom stereocenters. The number of anilines is 1. The Labute approximate surface area is 262 Å². The number of amides is 2. The molecular formula is C33H34F3N5O5. The molecule has 1 saturated heterocycles. The molecule has 4 aromatic rings. The molecule has 0 saturated carbocycles. The summed E-state index contributed by atoms with van der Waals surface area (Å²) in [6, 6.07) is 14.8. The van der Waals surface area contributed by atoms with Crippen molar-refractivity contribution in [1.82, 2.24) is 18.9 Å². The largest absolute Gasteiger partial charge is 0.462 e. The Bertz CT molecular complexity index is 1890. The molecule has 0 spiro atoms. The number of piperazine rings is 1. The third-order valence-electron chi connectivity index (χ3n) is 8.14. The Hall–Kier alpha value is -4.91. The van der Waals surface area contributed by atoms with Crippen LogP contribution in [0, 0.1) is 13.8 Å². The van der Waals surface area contributed by atoms with E-state index in [-0.39, 0.29) is 41.2 Å². The molecular weight excluding hydrogens is 603 g/mol. The maximum Gasteiger partial charge on any atom is 0.418 e. The number of carbonyl (C=O) groups is 2. The molecule has 10 nitrogen and oxygen atoms in total.